The molecule has 0 aliphatic heterocycles. The lowest BCUT2D eigenvalue weighted by Gasteiger charge is -2.05. The fourth-order valence-corrected chi connectivity index (χ4v) is 1.99. The quantitative estimate of drug-likeness (QED) is 0.830. The van der Waals surface area contributed by atoms with E-state index in [1.807, 2.05) is 30.3 Å². The van der Waals surface area contributed by atoms with Gasteiger partial charge >= 0.3 is 5.97 Å². The van der Waals surface area contributed by atoms with E-state index in [4.69, 9.17) is 9.26 Å². The number of amides is 1. The first-order valence-electron chi connectivity index (χ1n) is 7.09. The number of ether oxygens (including phenoxy) is 1. The number of rotatable bonds is 6. The molecule has 0 saturated heterocycles. The van der Waals surface area contributed by atoms with E-state index in [-0.39, 0.29) is 30.4 Å². The van der Waals surface area contributed by atoms with Crippen LogP contribution in [-0.2, 0) is 16.0 Å². The summed E-state index contributed by atoms with van der Waals surface area (Å²) in [5.41, 5.74) is 1.61. The molecule has 0 spiro atoms. The molecule has 1 N–H and O–H groups in total. The highest BCUT2D eigenvalue weighted by Gasteiger charge is 2.23. The molecule has 0 saturated carbocycles. The van der Waals surface area contributed by atoms with Gasteiger partial charge in [-0.05, 0) is 25.8 Å². The van der Waals surface area contributed by atoms with E-state index in [9.17, 15) is 9.59 Å². The Morgan fingerprint density at radius 1 is 1.27 bits per heavy atom. The second-order valence-corrected chi connectivity index (χ2v) is 4.73. The minimum atomic E-state index is -0.556. The zero-order valence-electron chi connectivity index (χ0n) is 12.6. The molecule has 0 bridgehead atoms. The lowest BCUT2D eigenvalue weighted by atomic mass is 10.1. The van der Waals surface area contributed by atoms with E-state index >= 15 is 0 Å². The highest BCUT2D eigenvalue weighted by atomic mass is 16.5. The minimum absolute atomic E-state index is 0.0361. The molecule has 1 heterocycles. The number of nitrogens with one attached hydrogen (secondary N) is 1. The fourth-order valence-electron chi connectivity index (χ4n) is 1.99. The summed E-state index contributed by atoms with van der Waals surface area (Å²) in [5.74, 6) is -0.765. The number of anilines is 1. The van der Waals surface area contributed by atoms with Crippen LogP contribution >= 0.6 is 0 Å². The van der Waals surface area contributed by atoms with E-state index < -0.39 is 5.97 Å². The van der Waals surface area contributed by atoms with Gasteiger partial charge in [-0.15, -0.1) is 0 Å². The third kappa shape index (κ3) is 3.94. The molecule has 0 aliphatic carbocycles. The van der Waals surface area contributed by atoms with Gasteiger partial charge in [0.2, 0.25) is 11.8 Å². The molecular formula is C16H18N2O4. The second-order valence-electron chi connectivity index (χ2n) is 4.73. The zero-order valence-corrected chi connectivity index (χ0v) is 12.6. The summed E-state index contributed by atoms with van der Waals surface area (Å²) in [6.45, 7) is 3.57. The van der Waals surface area contributed by atoms with Gasteiger partial charge in [-0.1, -0.05) is 35.5 Å². The number of hydrogen-bond donors (Lipinski definition) is 1. The van der Waals surface area contributed by atoms with Gasteiger partial charge in [-0.3, -0.25) is 10.1 Å². The van der Waals surface area contributed by atoms with Crippen LogP contribution in [0.15, 0.2) is 34.9 Å². The van der Waals surface area contributed by atoms with Crippen LogP contribution in [0, 0.1) is 6.92 Å². The average Bonchev–Trinajstić information content (AvgIpc) is 2.87. The summed E-state index contributed by atoms with van der Waals surface area (Å²) in [5, 5.41) is 6.27. The lowest BCUT2D eigenvalue weighted by molar-refractivity contribution is -0.116. The molecule has 0 radical (unpaired) electrons. The van der Waals surface area contributed by atoms with E-state index in [1.165, 1.54) is 0 Å². The Kier molecular flexibility index (Phi) is 5.30. The number of aryl methyl sites for hydroxylation is 2. The predicted octanol–water partition coefficient (Wildman–Crippen LogP) is 2.73. The van der Waals surface area contributed by atoms with Gasteiger partial charge in [0.05, 0.1) is 12.3 Å². The molecule has 6 heteroatoms. The number of carbonyl (C=O) groups excluding carboxylic acids is 2. The standard InChI is InChI=1S/C16H18N2O4/c1-3-21-16(20)14-11(2)18-22-15(14)17-13(19)10-9-12-7-5-4-6-8-12/h4-8H,3,9-10H2,1-2H3,(H,17,19). The maximum atomic E-state index is 12.0. The topological polar surface area (TPSA) is 81.4 Å². The molecule has 0 unspecified atom stereocenters. The van der Waals surface area contributed by atoms with E-state index in [0.717, 1.165) is 5.56 Å². The molecule has 2 aromatic rings. The molecule has 0 atom stereocenters. The summed E-state index contributed by atoms with van der Waals surface area (Å²) in [6.07, 6.45) is 0.889. The number of aromatic nitrogens is 1. The van der Waals surface area contributed by atoms with Crippen molar-refractivity contribution in [2.75, 3.05) is 11.9 Å². The summed E-state index contributed by atoms with van der Waals surface area (Å²) in [7, 11) is 0. The third-order valence-corrected chi connectivity index (χ3v) is 3.08. The van der Waals surface area contributed by atoms with Crippen molar-refractivity contribution in [1.82, 2.24) is 5.16 Å². The Morgan fingerprint density at radius 3 is 2.68 bits per heavy atom. The summed E-state index contributed by atoms with van der Waals surface area (Å²) in [4.78, 5) is 23.8. The Hall–Kier alpha value is -2.63. The molecule has 1 amide bonds. The largest absolute Gasteiger partial charge is 0.462 e. The molecule has 116 valence electrons. The van der Waals surface area contributed by atoms with Crippen molar-refractivity contribution < 1.29 is 18.8 Å². The molecule has 1 aromatic heterocycles. The molecule has 0 aliphatic rings. The van der Waals surface area contributed by atoms with Crippen molar-refractivity contribution >= 4 is 17.8 Å². The maximum absolute atomic E-state index is 12.0. The fraction of sp³-hybridized carbons (Fsp3) is 0.312. The van der Waals surface area contributed by atoms with Crippen LogP contribution in [0.1, 0.15) is 35.0 Å². The minimum Gasteiger partial charge on any atom is -0.462 e. The van der Waals surface area contributed by atoms with Crippen molar-refractivity contribution in [2.24, 2.45) is 0 Å². The Labute approximate surface area is 128 Å². The molecule has 2 rings (SSSR count). The van der Waals surface area contributed by atoms with Crippen LogP contribution in [-0.4, -0.2) is 23.6 Å². The zero-order chi connectivity index (χ0) is 15.9. The second kappa shape index (κ2) is 7.40. The first-order chi connectivity index (χ1) is 10.6. The van der Waals surface area contributed by atoms with Gasteiger partial charge in [0, 0.05) is 6.42 Å². The van der Waals surface area contributed by atoms with Crippen LogP contribution < -0.4 is 5.32 Å². The van der Waals surface area contributed by atoms with Crippen molar-refractivity contribution in [2.45, 2.75) is 26.7 Å². The van der Waals surface area contributed by atoms with Gasteiger partial charge < -0.3 is 9.26 Å². The highest BCUT2D eigenvalue weighted by Crippen LogP contribution is 2.20. The third-order valence-electron chi connectivity index (χ3n) is 3.08. The monoisotopic (exact) mass is 302 g/mol. The average molecular weight is 302 g/mol. The first kappa shape index (κ1) is 15.8. The van der Waals surface area contributed by atoms with E-state index in [2.05, 4.69) is 10.5 Å². The molecule has 6 nitrogen and oxygen atoms in total. The SMILES string of the molecule is CCOC(=O)c1c(C)noc1NC(=O)CCc1ccccc1. The van der Waals surface area contributed by atoms with Gasteiger partial charge in [0.25, 0.3) is 0 Å². The lowest BCUT2D eigenvalue weighted by Crippen LogP contribution is -2.15. The van der Waals surface area contributed by atoms with Crippen LogP contribution in [0.4, 0.5) is 5.88 Å². The van der Waals surface area contributed by atoms with E-state index in [0.29, 0.717) is 12.1 Å². The van der Waals surface area contributed by atoms with Gasteiger partial charge in [-0.25, -0.2) is 4.79 Å². The Bertz CT molecular complexity index is 649. The summed E-state index contributed by atoms with van der Waals surface area (Å²) < 4.78 is 9.93. The Morgan fingerprint density at radius 2 is 2.00 bits per heavy atom. The van der Waals surface area contributed by atoms with Crippen molar-refractivity contribution in [3.63, 3.8) is 0 Å². The molecule has 22 heavy (non-hydrogen) atoms. The van der Waals surface area contributed by atoms with Crippen LogP contribution in [0.5, 0.6) is 0 Å². The van der Waals surface area contributed by atoms with Gasteiger partial charge in [0.1, 0.15) is 5.56 Å². The van der Waals surface area contributed by atoms with Crippen molar-refractivity contribution in [3.05, 3.63) is 47.2 Å². The highest BCUT2D eigenvalue weighted by molar-refractivity contribution is 6.00. The smallest absolute Gasteiger partial charge is 0.345 e. The van der Waals surface area contributed by atoms with Crippen molar-refractivity contribution in [3.8, 4) is 0 Å². The maximum Gasteiger partial charge on any atom is 0.345 e. The summed E-state index contributed by atoms with van der Waals surface area (Å²) in [6, 6.07) is 9.68. The number of benzene rings is 1. The van der Waals surface area contributed by atoms with Crippen LogP contribution in [0.25, 0.3) is 0 Å². The van der Waals surface area contributed by atoms with Crippen LogP contribution in [0.3, 0.4) is 0 Å². The first-order valence-corrected chi connectivity index (χ1v) is 7.09. The summed E-state index contributed by atoms with van der Waals surface area (Å²) >= 11 is 0. The van der Waals surface area contributed by atoms with Gasteiger partial charge in [0.15, 0.2) is 0 Å². The predicted molar refractivity (Wildman–Crippen MR) is 80.6 cm³/mol. The number of esters is 1. The molecular weight excluding hydrogens is 284 g/mol. The Balaban J connectivity index is 1.98. The number of hydrogen-bond acceptors (Lipinski definition) is 5. The molecule has 0 fully saturated rings. The normalized spacial score (nSPS) is 10.3. The molecule has 1 aromatic carbocycles. The number of nitrogens with zero attached hydrogens (tertiary/aromatic N) is 1. The van der Waals surface area contributed by atoms with Crippen LogP contribution in [0.2, 0.25) is 0 Å². The van der Waals surface area contributed by atoms with Gasteiger partial charge in [-0.2, -0.15) is 0 Å². The van der Waals surface area contributed by atoms with E-state index in [1.54, 1.807) is 13.8 Å². The van der Waals surface area contributed by atoms with Crippen molar-refractivity contribution in [1.29, 1.82) is 0 Å². The number of carbonyl (C=O) groups is 2.